The molecule has 2 aliphatic heterocycles. The molecule has 3 heterocycles. The summed E-state index contributed by atoms with van der Waals surface area (Å²) in [7, 11) is 3.08. The van der Waals surface area contributed by atoms with Gasteiger partial charge in [0.15, 0.2) is 0 Å². The van der Waals surface area contributed by atoms with Gasteiger partial charge in [-0.15, -0.1) is 0 Å². The van der Waals surface area contributed by atoms with Gasteiger partial charge in [-0.25, -0.2) is 4.98 Å². The van der Waals surface area contributed by atoms with Crippen LogP contribution in [0.15, 0.2) is 41.2 Å². The number of carbonyl (C=O) groups is 2. The Labute approximate surface area is 226 Å². The second kappa shape index (κ2) is 11.3. The highest BCUT2D eigenvalue weighted by atomic mass is 16.5. The van der Waals surface area contributed by atoms with Crippen molar-refractivity contribution < 1.29 is 19.1 Å². The maximum atomic E-state index is 12.8. The number of anilines is 1. The molecule has 2 saturated heterocycles. The van der Waals surface area contributed by atoms with Crippen molar-refractivity contribution in [2.75, 3.05) is 64.9 Å². The average Bonchev–Trinajstić information content (AvgIpc) is 2.95. The number of ether oxygens (including phenoxy) is 2. The van der Waals surface area contributed by atoms with E-state index in [1.165, 1.54) is 7.11 Å². The largest absolute Gasteiger partial charge is 0.497 e. The fourth-order valence-electron chi connectivity index (χ4n) is 5.23. The molecule has 0 bridgehead atoms. The number of aromatic amines is 1. The summed E-state index contributed by atoms with van der Waals surface area (Å²) in [6.45, 7) is 7.01. The molecule has 0 radical (unpaired) electrons. The minimum atomic E-state index is -0.439. The summed E-state index contributed by atoms with van der Waals surface area (Å²) in [6, 6.07) is 11.0. The molecule has 2 aromatic carbocycles. The summed E-state index contributed by atoms with van der Waals surface area (Å²) in [5.74, 6) is 1.37. The smallest absolute Gasteiger partial charge is 0.262 e. The van der Waals surface area contributed by atoms with Gasteiger partial charge in [-0.1, -0.05) is 0 Å². The zero-order valence-corrected chi connectivity index (χ0v) is 22.5. The van der Waals surface area contributed by atoms with Gasteiger partial charge in [-0.3, -0.25) is 19.3 Å². The van der Waals surface area contributed by atoms with Crippen LogP contribution in [0.2, 0.25) is 0 Å². The van der Waals surface area contributed by atoms with E-state index < -0.39 is 6.04 Å². The number of hydrogen-bond acceptors (Lipinski definition) is 8. The van der Waals surface area contributed by atoms with E-state index in [9.17, 15) is 14.4 Å². The number of amides is 2. The van der Waals surface area contributed by atoms with E-state index in [0.717, 1.165) is 50.4 Å². The predicted octanol–water partition coefficient (Wildman–Crippen LogP) is 1.47. The van der Waals surface area contributed by atoms with E-state index in [4.69, 9.17) is 9.47 Å². The Hall–Kier alpha value is -4.12. The first-order valence-corrected chi connectivity index (χ1v) is 13.2. The summed E-state index contributed by atoms with van der Waals surface area (Å²) in [5, 5.41) is 3.06. The van der Waals surface area contributed by atoms with E-state index in [1.54, 1.807) is 31.1 Å². The van der Waals surface area contributed by atoms with Crippen LogP contribution in [0.3, 0.4) is 0 Å². The highest BCUT2D eigenvalue weighted by Crippen LogP contribution is 2.29. The average molecular weight is 535 g/mol. The lowest BCUT2D eigenvalue weighted by Gasteiger charge is -2.37. The zero-order chi connectivity index (χ0) is 27.5. The number of H-pyrrole nitrogens is 1. The predicted molar refractivity (Wildman–Crippen MR) is 148 cm³/mol. The van der Waals surface area contributed by atoms with Crippen LogP contribution in [-0.2, 0) is 9.59 Å². The van der Waals surface area contributed by atoms with Crippen LogP contribution in [-0.4, -0.2) is 97.7 Å². The van der Waals surface area contributed by atoms with E-state index in [2.05, 4.69) is 37.2 Å². The van der Waals surface area contributed by atoms with E-state index >= 15 is 0 Å². The molecule has 2 amide bonds. The van der Waals surface area contributed by atoms with Gasteiger partial charge in [-0.2, -0.15) is 0 Å². The van der Waals surface area contributed by atoms with Crippen LogP contribution in [0.5, 0.6) is 11.5 Å². The van der Waals surface area contributed by atoms with Gasteiger partial charge in [0.1, 0.15) is 28.8 Å². The molecule has 1 aromatic heterocycles. The lowest BCUT2D eigenvalue weighted by atomic mass is 10.1. The summed E-state index contributed by atoms with van der Waals surface area (Å²) in [4.78, 5) is 50.8. The Bertz CT molecular complexity index is 1410. The number of rotatable bonds is 8. The Morgan fingerprint density at radius 1 is 0.974 bits per heavy atom. The summed E-state index contributed by atoms with van der Waals surface area (Å²) in [6.07, 6.45) is 0.842. The molecule has 1 atom stereocenters. The van der Waals surface area contributed by atoms with Crippen LogP contribution in [0.1, 0.15) is 13.3 Å². The maximum Gasteiger partial charge on any atom is 0.262 e. The number of piperazine rings is 2. The van der Waals surface area contributed by atoms with Gasteiger partial charge < -0.3 is 29.6 Å². The standard InChI is InChI=1S/C28H34N6O5/c1-18-28(37)34(17-24(35)29-18)10-4-9-32-11-13-33(14-12-32)20-7-5-19(6-8-20)26-30-22-15-21(38-2)16-23(39-3)25(22)27(36)31-26/h5-8,15-16,18H,4,9-14,17H2,1-3H3,(H,29,35)(H,30,31,36)/t18-/m0/s1. The number of hydrogen-bond donors (Lipinski definition) is 2. The highest BCUT2D eigenvalue weighted by molar-refractivity contribution is 5.94. The molecular weight excluding hydrogens is 500 g/mol. The summed E-state index contributed by atoms with van der Waals surface area (Å²) in [5.41, 5.74) is 2.17. The van der Waals surface area contributed by atoms with Crippen LogP contribution in [0, 0.1) is 0 Å². The number of fused-ring (bicyclic) bond motifs is 1. The molecule has 2 N–H and O–H groups in total. The Kier molecular flexibility index (Phi) is 7.69. The quantitative estimate of drug-likeness (QED) is 0.446. The van der Waals surface area contributed by atoms with Crippen LogP contribution in [0.25, 0.3) is 22.3 Å². The first kappa shape index (κ1) is 26.5. The van der Waals surface area contributed by atoms with Gasteiger partial charge in [0, 0.05) is 56.1 Å². The van der Waals surface area contributed by atoms with Crippen molar-refractivity contribution in [2.24, 2.45) is 0 Å². The van der Waals surface area contributed by atoms with Gasteiger partial charge in [-0.05, 0) is 44.2 Å². The van der Waals surface area contributed by atoms with Crippen molar-refractivity contribution in [3.63, 3.8) is 0 Å². The first-order valence-electron chi connectivity index (χ1n) is 13.2. The number of nitrogens with one attached hydrogen (secondary N) is 2. The monoisotopic (exact) mass is 534 g/mol. The van der Waals surface area contributed by atoms with Gasteiger partial charge in [0.25, 0.3) is 5.56 Å². The minimum Gasteiger partial charge on any atom is -0.497 e. The summed E-state index contributed by atoms with van der Waals surface area (Å²) < 4.78 is 10.7. The lowest BCUT2D eigenvalue weighted by Crippen LogP contribution is -2.57. The minimum absolute atomic E-state index is 0.00900. The Morgan fingerprint density at radius 3 is 2.41 bits per heavy atom. The molecule has 0 unspecified atom stereocenters. The maximum absolute atomic E-state index is 12.8. The third-order valence-corrected chi connectivity index (χ3v) is 7.38. The fraction of sp³-hybridized carbons (Fsp3) is 0.429. The Balaban J connectivity index is 1.18. The van der Waals surface area contributed by atoms with E-state index in [1.807, 2.05) is 12.1 Å². The second-order valence-corrected chi connectivity index (χ2v) is 9.92. The number of methoxy groups -OCH3 is 2. The molecule has 2 fully saturated rings. The summed E-state index contributed by atoms with van der Waals surface area (Å²) >= 11 is 0. The van der Waals surface area contributed by atoms with E-state index in [0.29, 0.717) is 34.8 Å². The third kappa shape index (κ3) is 5.68. The molecule has 3 aromatic rings. The van der Waals surface area contributed by atoms with Crippen LogP contribution in [0.4, 0.5) is 5.69 Å². The van der Waals surface area contributed by atoms with Crippen molar-refractivity contribution >= 4 is 28.4 Å². The fourth-order valence-corrected chi connectivity index (χ4v) is 5.23. The molecule has 0 saturated carbocycles. The van der Waals surface area contributed by atoms with Crippen molar-refractivity contribution in [1.29, 1.82) is 0 Å². The van der Waals surface area contributed by atoms with Gasteiger partial charge >= 0.3 is 0 Å². The molecule has 11 nitrogen and oxygen atoms in total. The van der Waals surface area contributed by atoms with Crippen molar-refractivity contribution in [3.8, 4) is 22.9 Å². The normalized spacial score (nSPS) is 18.4. The molecule has 0 aliphatic carbocycles. The zero-order valence-electron chi connectivity index (χ0n) is 22.5. The molecule has 5 rings (SSSR count). The number of aromatic nitrogens is 2. The van der Waals surface area contributed by atoms with Crippen molar-refractivity contribution in [1.82, 2.24) is 25.1 Å². The molecule has 2 aliphatic rings. The number of benzene rings is 2. The molecule has 11 heteroatoms. The van der Waals surface area contributed by atoms with Gasteiger partial charge in [0.05, 0.1) is 26.3 Å². The lowest BCUT2D eigenvalue weighted by molar-refractivity contribution is -0.143. The van der Waals surface area contributed by atoms with Crippen molar-refractivity contribution in [2.45, 2.75) is 19.4 Å². The topological polar surface area (TPSA) is 120 Å². The van der Waals surface area contributed by atoms with Gasteiger partial charge in [0.2, 0.25) is 11.8 Å². The highest BCUT2D eigenvalue weighted by Gasteiger charge is 2.29. The molecule has 39 heavy (non-hydrogen) atoms. The molecule has 0 spiro atoms. The Morgan fingerprint density at radius 2 is 1.72 bits per heavy atom. The first-order chi connectivity index (χ1) is 18.9. The SMILES string of the molecule is COc1cc(OC)c2c(=O)[nH]c(-c3ccc(N4CCN(CCCN5CC(=O)N[C@@H](C)C5=O)CC4)cc3)nc2c1. The number of nitrogens with zero attached hydrogens (tertiary/aromatic N) is 4. The van der Waals surface area contributed by atoms with Crippen molar-refractivity contribution in [3.05, 3.63) is 46.8 Å². The number of carbonyl (C=O) groups excluding carboxylic acids is 2. The van der Waals surface area contributed by atoms with E-state index in [-0.39, 0.29) is 23.9 Å². The second-order valence-electron chi connectivity index (χ2n) is 9.92. The third-order valence-electron chi connectivity index (χ3n) is 7.38. The molecular formula is C28H34N6O5. The van der Waals surface area contributed by atoms with Crippen LogP contribution < -0.4 is 25.2 Å². The molecule has 206 valence electrons. The van der Waals surface area contributed by atoms with Crippen LogP contribution >= 0.6 is 0 Å².